The lowest BCUT2D eigenvalue weighted by atomic mass is 10.1. The smallest absolute Gasteiger partial charge is 0.277 e. The first-order valence-corrected chi connectivity index (χ1v) is 10.9. The van der Waals surface area contributed by atoms with E-state index < -0.39 is 5.25 Å². The van der Waals surface area contributed by atoms with Gasteiger partial charge in [-0.05, 0) is 54.6 Å². The van der Waals surface area contributed by atoms with Gasteiger partial charge >= 0.3 is 0 Å². The summed E-state index contributed by atoms with van der Waals surface area (Å²) in [6.07, 6.45) is 0. The van der Waals surface area contributed by atoms with Crippen molar-refractivity contribution in [2.45, 2.75) is 17.4 Å². The summed E-state index contributed by atoms with van der Waals surface area (Å²) >= 11 is 1.21. The molecule has 2 heterocycles. The minimum absolute atomic E-state index is 0.173. The molecule has 3 aromatic carbocycles. The third kappa shape index (κ3) is 4.31. The van der Waals surface area contributed by atoms with Crippen LogP contribution < -0.4 is 14.8 Å². The second kappa shape index (κ2) is 8.76. The number of nitrogens with one attached hydrogen (secondary N) is 1. The number of anilines is 1. The molecule has 160 valence electrons. The number of thioether (sulfide) groups is 1. The standard InChI is InChI=1S/C24H19N3O4S/c1-15-7-10-18(11-8-15)25-22(28)21(16-5-3-2-4-6-16)32-24-27-26-23(31-24)17-9-12-19-20(13-17)30-14-29-19/h2-13,21H,14H2,1H3,(H,25,28). The Balaban J connectivity index is 1.38. The van der Waals surface area contributed by atoms with Crippen molar-refractivity contribution in [2.24, 2.45) is 0 Å². The van der Waals surface area contributed by atoms with E-state index in [1.807, 2.05) is 67.6 Å². The number of hydrogen-bond donors (Lipinski definition) is 1. The summed E-state index contributed by atoms with van der Waals surface area (Å²) in [5, 5.41) is 11.0. The van der Waals surface area contributed by atoms with Gasteiger partial charge in [0, 0.05) is 11.3 Å². The largest absolute Gasteiger partial charge is 0.454 e. The van der Waals surface area contributed by atoms with Gasteiger partial charge in [-0.15, -0.1) is 10.2 Å². The fourth-order valence-electron chi connectivity index (χ4n) is 3.25. The van der Waals surface area contributed by atoms with E-state index in [1.165, 1.54) is 11.8 Å². The lowest BCUT2D eigenvalue weighted by Crippen LogP contribution is -2.19. The van der Waals surface area contributed by atoms with Crippen molar-refractivity contribution >= 4 is 23.4 Å². The van der Waals surface area contributed by atoms with Gasteiger partial charge in [0.15, 0.2) is 11.5 Å². The van der Waals surface area contributed by atoms with Gasteiger partial charge in [-0.3, -0.25) is 4.79 Å². The highest BCUT2D eigenvalue weighted by molar-refractivity contribution is 8.00. The molecule has 0 spiro atoms. The summed E-state index contributed by atoms with van der Waals surface area (Å²) in [4.78, 5) is 13.2. The van der Waals surface area contributed by atoms with Crippen molar-refractivity contribution in [1.82, 2.24) is 10.2 Å². The molecule has 8 heteroatoms. The first kappa shape index (κ1) is 20.1. The molecule has 1 aliphatic rings. The monoisotopic (exact) mass is 445 g/mol. The van der Waals surface area contributed by atoms with Crippen LogP contribution >= 0.6 is 11.8 Å². The molecule has 5 rings (SSSR count). The second-order valence-corrected chi connectivity index (χ2v) is 8.26. The van der Waals surface area contributed by atoms with E-state index in [0.29, 0.717) is 28.2 Å². The van der Waals surface area contributed by atoms with Crippen molar-refractivity contribution in [3.8, 4) is 23.0 Å². The highest BCUT2D eigenvalue weighted by atomic mass is 32.2. The lowest BCUT2D eigenvalue weighted by Gasteiger charge is -2.15. The summed E-state index contributed by atoms with van der Waals surface area (Å²) in [6.45, 7) is 2.19. The lowest BCUT2D eigenvalue weighted by molar-refractivity contribution is -0.115. The molecule has 1 N–H and O–H groups in total. The highest BCUT2D eigenvalue weighted by Crippen LogP contribution is 2.39. The molecule has 0 saturated carbocycles. The van der Waals surface area contributed by atoms with Gasteiger partial charge in [-0.2, -0.15) is 0 Å². The summed E-state index contributed by atoms with van der Waals surface area (Å²) < 4.78 is 16.6. The maximum Gasteiger partial charge on any atom is 0.277 e. The zero-order valence-corrected chi connectivity index (χ0v) is 18.0. The van der Waals surface area contributed by atoms with Crippen LogP contribution in [-0.4, -0.2) is 22.9 Å². The predicted octanol–water partition coefficient (Wildman–Crippen LogP) is 5.25. The Morgan fingerprint density at radius 1 is 0.969 bits per heavy atom. The number of ether oxygens (including phenoxy) is 2. The zero-order valence-electron chi connectivity index (χ0n) is 17.1. The first-order chi connectivity index (χ1) is 15.7. The zero-order chi connectivity index (χ0) is 21.9. The molecule has 1 aromatic heterocycles. The molecule has 1 unspecified atom stereocenters. The van der Waals surface area contributed by atoms with Crippen LogP contribution in [0, 0.1) is 6.92 Å². The van der Waals surface area contributed by atoms with Gasteiger partial charge in [0.25, 0.3) is 5.22 Å². The molecule has 0 bridgehead atoms. The Labute approximate surface area is 188 Å². The van der Waals surface area contributed by atoms with Crippen LogP contribution in [0.3, 0.4) is 0 Å². The third-order valence-corrected chi connectivity index (χ3v) is 5.99. The van der Waals surface area contributed by atoms with Crippen LogP contribution in [-0.2, 0) is 4.79 Å². The molecular formula is C24H19N3O4S. The van der Waals surface area contributed by atoms with E-state index in [2.05, 4.69) is 15.5 Å². The Hall–Kier alpha value is -3.78. The van der Waals surface area contributed by atoms with Crippen LogP contribution in [0.1, 0.15) is 16.4 Å². The number of fused-ring (bicyclic) bond motifs is 1. The SMILES string of the molecule is Cc1ccc(NC(=O)C(Sc2nnc(-c3ccc4c(c3)OCO4)o2)c2ccccc2)cc1. The Morgan fingerprint density at radius 3 is 2.56 bits per heavy atom. The molecule has 1 aliphatic heterocycles. The number of aryl methyl sites for hydroxylation is 1. The van der Waals surface area contributed by atoms with E-state index in [4.69, 9.17) is 13.9 Å². The average molecular weight is 446 g/mol. The van der Waals surface area contributed by atoms with Crippen molar-refractivity contribution < 1.29 is 18.7 Å². The average Bonchev–Trinajstić information content (AvgIpc) is 3.48. The fraction of sp³-hybridized carbons (Fsp3) is 0.125. The highest BCUT2D eigenvalue weighted by Gasteiger charge is 2.25. The van der Waals surface area contributed by atoms with E-state index in [9.17, 15) is 4.79 Å². The number of nitrogens with zero attached hydrogens (tertiary/aromatic N) is 2. The van der Waals surface area contributed by atoms with Gasteiger partial charge in [0.2, 0.25) is 18.6 Å². The summed E-state index contributed by atoms with van der Waals surface area (Å²) in [6, 6.07) is 22.6. The first-order valence-electron chi connectivity index (χ1n) is 9.98. The number of amides is 1. The van der Waals surface area contributed by atoms with Crippen LogP contribution in [0.4, 0.5) is 5.69 Å². The summed E-state index contributed by atoms with van der Waals surface area (Å²) in [7, 11) is 0. The molecule has 7 nitrogen and oxygen atoms in total. The van der Waals surface area contributed by atoms with Crippen molar-refractivity contribution in [1.29, 1.82) is 0 Å². The molecule has 32 heavy (non-hydrogen) atoms. The maximum atomic E-state index is 13.2. The van der Waals surface area contributed by atoms with Crippen LogP contribution in [0.15, 0.2) is 82.4 Å². The molecule has 0 radical (unpaired) electrons. The number of carbonyl (C=O) groups is 1. The van der Waals surface area contributed by atoms with Crippen molar-refractivity contribution in [2.75, 3.05) is 12.1 Å². The van der Waals surface area contributed by atoms with Gasteiger partial charge in [0.05, 0.1) is 0 Å². The van der Waals surface area contributed by atoms with E-state index >= 15 is 0 Å². The van der Waals surface area contributed by atoms with Crippen LogP contribution in [0.25, 0.3) is 11.5 Å². The molecule has 0 fully saturated rings. The normalized spacial score (nSPS) is 13.0. The molecule has 1 amide bonds. The van der Waals surface area contributed by atoms with Crippen molar-refractivity contribution in [3.63, 3.8) is 0 Å². The predicted molar refractivity (Wildman–Crippen MR) is 121 cm³/mol. The molecule has 0 aliphatic carbocycles. The number of rotatable bonds is 6. The molecule has 4 aromatic rings. The fourth-order valence-corrected chi connectivity index (χ4v) is 4.13. The second-order valence-electron chi connectivity index (χ2n) is 7.21. The maximum absolute atomic E-state index is 13.2. The quantitative estimate of drug-likeness (QED) is 0.406. The molecular weight excluding hydrogens is 426 g/mol. The molecule has 1 atom stereocenters. The number of hydrogen-bond acceptors (Lipinski definition) is 7. The molecule has 0 saturated heterocycles. The van der Waals surface area contributed by atoms with E-state index in [1.54, 1.807) is 12.1 Å². The number of carbonyl (C=O) groups excluding carboxylic acids is 1. The van der Waals surface area contributed by atoms with Crippen LogP contribution in [0.5, 0.6) is 11.5 Å². The van der Waals surface area contributed by atoms with Crippen LogP contribution in [0.2, 0.25) is 0 Å². The third-order valence-electron chi connectivity index (χ3n) is 4.90. The van der Waals surface area contributed by atoms with Gasteiger partial charge in [0.1, 0.15) is 5.25 Å². The van der Waals surface area contributed by atoms with Crippen molar-refractivity contribution in [3.05, 3.63) is 83.9 Å². The summed E-state index contributed by atoms with van der Waals surface area (Å²) in [5.41, 5.74) is 3.41. The Bertz CT molecular complexity index is 1240. The van der Waals surface area contributed by atoms with Gasteiger partial charge in [-0.1, -0.05) is 48.0 Å². The summed E-state index contributed by atoms with van der Waals surface area (Å²) in [5.74, 6) is 1.48. The topological polar surface area (TPSA) is 86.5 Å². The van der Waals surface area contributed by atoms with E-state index in [-0.39, 0.29) is 12.7 Å². The Morgan fingerprint density at radius 2 is 1.75 bits per heavy atom. The van der Waals surface area contributed by atoms with Gasteiger partial charge in [-0.25, -0.2) is 0 Å². The number of benzene rings is 3. The van der Waals surface area contributed by atoms with E-state index in [0.717, 1.165) is 16.8 Å². The Kier molecular flexibility index (Phi) is 5.51. The van der Waals surface area contributed by atoms with Gasteiger partial charge < -0.3 is 19.2 Å². The number of aromatic nitrogens is 2. The minimum Gasteiger partial charge on any atom is -0.454 e. The minimum atomic E-state index is -0.567.